The largest absolute Gasteiger partial charge is 0.354 e. The first-order chi connectivity index (χ1) is 11.2. The summed E-state index contributed by atoms with van der Waals surface area (Å²) in [5.74, 6) is 0.786. The number of guanidine groups is 1. The molecule has 0 spiro atoms. The third-order valence-electron chi connectivity index (χ3n) is 4.92. The van der Waals surface area contributed by atoms with E-state index in [0.29, 0.717) is 12.1 Å². The zero-order valence-corrected chi connectivity index (χ0v) is 13.9. The maximum absolute atomic E-state index is 13.0. The highest BCUT2D eigenvalue weighted by atomic mass is 19.1. The number of rotatable bonds is 4. The van der Waals surface area contributed by atoms with Crippen molar-refractivity contribution in [3.8, 4) is 0 Å². The molecule has 1 aliphatic heterocycles. The Morgan fingerprint density at radius 3 is 2.22 bits per heavy atom. The molecule has 0 atom stereocenters. The monoisotopic (exact) mass is 318 g/mol. The molecule has 1 saturated heterocycles. The van der Waals surface area contributed by atoms with Crippen LogP contribution in [0.2, 0.25) is 0 Å². The first-order valence-electron chi connectivity index (χ1n) is 8.69. The molecular weight excluding hydrogens is 291 g/mol. The topological polar surface area (TPSA) is 39.7 Å². The standard InChI is InChI=1S/C18H27FN4/c1-20-18(21-16-3-2-4-16)22-17-9-11-23(12-10-17)13-14-5-7-15(19)8-6-14/h5-8,16-17H,2-4,9-13H2,1H3,(H2,20,21,22). The summed E-state index contributed by atoms with van der Waals surface area (Å²) in [5.41, 5.74) is 1.18. The minimum atomic E-state index is -0.165. The van der Waals surface area contributed by atoms with Gasteiger partial charge in [-0.3, -0.25) is 9.89 Å². The van der Waals surface area contributed by atoms with Crippen molar-refractivity contribution in [1.82, 2.24) is 15.5 Å². The normalized spacial score (nSPS) is 21.0. The van der Waals surface area contributed by atoms with Crippen molar-refractivity contribution < 1.29 is 4.39 Å². The second kappa shape index (κ2) is 7.77. The van der Waals surface area contributed by atoms with Crippen molar-refractivity contribution >= 4 is 5.96 Å². The molecule has 2 N–H and O–H groups in total. The molecule has 1 heterocycles. The molecule has 1 saturated carbocycles. The molecule has 2 aliphatic rings. The van der Waals surface area contributed by atoms with Gasteiger partial charge in [-0.1, -0.05) is 12.1 Å². The van der Waals surface area contributed by atoms with E-state index in [1.165, 1.54) is 24.8 Å². The van der Waals surface area contributed by atoms with E-state index in [4.69, 9.17) is 0 Å². The predicted molar refractivity (Wildman–Crippen MR) is 92.0 cm³/mol. The lowest BCUT2D eigenvalue weighted by molar-refractivity contribution is 0.198. The molecule has 1 aromatic carbocycles. The summed E-state index contributed by atoms with van der Waals surface area (Å²) in [6.07, 6.45) is 6.09. The number of hydrogen-bond acceptors (Lipinski definition) is 2. The van der Waals surface area contributed by atoms with E-state index in [0.717, 1.165) is 38.4 Å². The Labute approximate surface area is 138 Å². The lowest BCUT2D eigenvalue weighted by Gasteiger charge is -2.34. The second-order valence-electron chi connectivity index (χ2n) is 6.67. The van der Waals surface area contributed by atoms with E-state index in [1.54, 1.807) is 12.1 Å². The summed E-state index contributed by atoms with van der Waals surface area (Å²) in [5, 5.41) is 7.06. The number of likely N-dealkylation sites (tertiary alicyclic amines) is 1. The molecule has 1 aromatic rings. The summed E-state index contributed by atoms with van der Waals surface area (Å²) in [6, 6.07) is 7.94. The number of benzene rings is 1. The first-order valence-corrected chi connectivity index (χ1v) is 8.69. The third-order valence-corrected chi connectivity index (χ3v) is 4.92. The van der Waals surface area contributed by atoms with E-state index < -0.39 is 0 Å². The molecule has 5 heteroatoms. The number of hydrogen-bond donors (Lipinski definition) is 2. The van der Waals surface area contributed by atoms with Gasteiger partial charge in [0.25, 0.3) is 0 Å². The van der Waals surface area contributed by atoms with Crippen LogP contribution in [0.4, 0.5) is 4.39 Å². The molecule has 0 unspecified atom stereocenters. The summed E-state index contributed by atoms with van der Waals surface area (Å²) in [7, 11) is 1.84. The highest BCUT2D eigenvalue weighted by Crippen LogP contribution is 2.18. The maximum atomic E-state index is 13.0. The van der Waals surface area contributed by atoms with Gasteiger partial charge >= 0.3 is 0 Å². The Balaban J connectivity index is 1.41. The molecule has 4 nitrogen and oxygen atoms in total. The van der Waals surface area contributed by atoms with Crippen molar-refractivity contribution in [3.05, 3.63) is 35.6 Å². The van der Waals surface area contributed by atoms with Crippen LogP contribution in [0.5, 0.6) is 0 Å². The summed E-state index contributed by atoms with van der Waals surface area (Å²) < 4.78 is 13.0. The molecule has 1 aliphatic carbocycles. The van der Waals surface area contributed by atoms with E-state index in [2.05, 4.69) is 20.5 Å². The zero-order chi connectivity index (χ0) is 16.1. The van der Waals surface area contributed by atoms with E-state index in [-0.39, 0.29) is 5.82 Å². The van der Waals surface area contributed by atoms with Crippen molar-refractivity contribution in [1.29, 1.82) is 0 Å². The van der Waals surface area contributed by atoms with Gasteiger partial charge in [0.15, 0.2) is 5.96 Å². The van der Waals surface area contributed by atoms with Gasteiger partial charge in [-0.25, -0.2) is 4.39 Å². The van der Waals surface area contributed by atoms with Crippen LogP contribution in [0.3, 0.4) is 0 Å². The van der Waals surface area contributed by atoms with Crippen molar-refractivity contribution in [2.24, 2.45) is 4.99 Å². The van der Waals surface area contributed by atoms with Crippen molar-refractivity contribution in [3.63, 3.8) is 0 Å². The minimum absolute atomic E-state index is 0.165. The number of nitrogens with one attached hydrogen (secondary N) is 2. The van der Waals surface area contributed by atoms with E-state index >= 15 is 0 Å². The molecule has 0 radical (unpaired) electrons. The van der Waals surface area contributed by atoms with Crippen molar-refractivity contribution in [2.45, 2.75) is 50.7 Å². The van der Waals surface area contributed by atoms with Gasteiger partial charge in [0.1, 0.15) is 5.82 Å². The lowest BCUT2D eigenvalue weighted by atomic mass is 9.93. The fourth-order valence-electron chi connectivity index (χ4n) is 3.19. The molecule has 0 amide bonds. The molecule has 126 valence electrons. The Morgan fingerprint density at radius 1 is 1.09 bits per heavy atom. The third kappa shape index (κ3) is 4.67. The Hall–Kier alpha value is -1.62. The van der Waals surface area contributed by atoms with Crippen LogP contribution >= 0.6 is 0 Å². The van der Waals surface area contributed by atoms with Crippen LogP contribution in [0, 0.1) is 5.82 Å². The zero-order valence-electron chi connectivity index (χ0n) is 13.9. The minimum Gasteiger partial charge on any atom is -0.354 e. The average molecular weight is 318 g/mol. The van der Waals surface area contributed by atoms with Crippen LogP contribution in [-0.4, -0.2) is 43.1 Å². The highest BCUT2D eigenvalue weighted by molar-refractivity contribution is 5.80. The van der Waals surface area contributed by atoms with Gasteiger partial charge < -0.3 is 10.6 Å². The van der Waals surface area contributed by atoms with Crippen LogP contribution in [0.25, 0.3) is 0 Å². The smallest absolute Gasteiger partial charge is 0.191 e. The maximum Gasteiger partial charge on any atom is 0.191 e. The van der Waals surface area contributed by atoms with Gasteiger partial charge in [-0.05, 0) is 49.8 Å². The molecule has 3 rings (SSSR count). The predicted octanol–water partition coefficient (Wildman–Crippen LogP) is 2.51. The molecule has 23 heavy (non-hydrogen) atoms. The fourth-order valence-corrected chi connectivity index (χ4v) is 3.19. The second-order valence-corrected chi connectivity index (χ2v) is 6.67. The summed E-state index contributed by atoms with van der Waals surface area (Å²) in [6.45, 7) is 3.03. The SMILES string of the molecule is CN=C(NC1CCC1)NC1CCN(Cc2ccc(F)cc2)CC1. The number of piperidine rings is 1. The van der Waals surface area contributed by atoms with Gasteiger partial charge in [0.2, 0.25) is 0 Å². The lowest BCUT2D eigenvalue weighted by Crippen LogP contribution is -2.52. The molecule has 2 fully saturated rings. The van der Waals surface area contributed by atoms with E-state index in [1.807, 2.05) is 19.2 Å². The fraction of sp³-hybridized carbons (Fsp3) is 0.611. The van der Waals surface area contributed by atoms with Gasteiger partial charge in [0, 0.05) is 38.8 Å². The molecule has 0 bridgehead atoms. The quantitative estimate of drug-likeness (QED) is 0.662. The van der Waals surface area contributed by atoms with Gasteiger partial charge in [0.05, 0.1) is 0 Å². The van der Waals surface area contributed by atoms with Crippen LogP contribution in [0.15, 0.2) is 29.3 Å². The van der Waals surface area contributed by atoms with Crippen LogP contribution in [-0.2, 0) is 6.54 Å². The Bertz CT molecular complexity index is 516. The highest BCUT2D eigenvalue weighted by Gasteiger charge is 2.22. The Kier molecular flexibility index (Phi) is 5.49. The summed E-state index contributed by atoms with van der Waals surface area (Å²) in [4.78, 5) is 6.78. The number of halogens is 1. The molecule has 0 aromatic heterocycles. The number of nitrogens with zero attached hydrogens (tertiary/aromatic N) is 2. The molecular formula is C18H27FN4. The van der Waals surface area contributed by atoms with Gasteiger partial charge in [-0.15, -0.1) is 0 Å². The van der Waals surface area contributed by atoms with Crippen molar-refractivity contribution in [2.75, 3.05) is 20.1 Å². The Morgan fingerprint density at radius 2 is 1.70 bits per heavy atom. The van der Waals surface area contributed by atoms with Crippen LogP contribution in [0.1, 0.15) is 37.7 Å². The first kappa shape index (κ1) is 16.2. The average Bonchev–Trinajstić information content (AvgIpc) is 2.53. The van der Waals surface area contributed by atoms with Gasteiger partial charge in [-0.2, -0.15) is 0 Å². The summed E-state index contributed by atoms with van der Waals surface area (Å²) >= 11 is 0. The van der Waals surface area contributed by atoms with Crippen LogP contribution < -0.4 is 10.6 Å². The number of aliphatic imine (C=N–C) groups is 1. The van der Waals surface area contributed by atoms with E-state index in [9.17, 15) is 4.39 Å².